The summed E-state index contributed by atoms with van der Waals surface area (Å²) in [6, 6.07) is 0. The van der Waals surface area contributed by atoms with Crippen molar-refractivity contribution in [3.05, 3.63) is 12.2 Å². The maximum atomic E-state index is 12.1. The van der Waals surface area contributed by atoms with Crippen LogP contribution in [-0.4, -0.2) is 23.7 Å². The van der Waals surface area contributed by atoms with Gasteiger partial charge < -0.3 is 9.84 Å². The van der Waals surface area contributed by atoms with Crippen LogP contribution in [0.25, 0.3) is 0 Å². The molecule has 0 radical (unpaired) electrons. The SMILES string of the molecule is CCCCCCCCCCCCCCOC(=O)C1C=CCCC1C(=O)O. The average molecular weight is 367 g/mol. The fraction of sp³-hybridized carbons (Fsp3) is 0.818. The molecule has 0 fully saturated rings. The van der Waals surface area contributed by atoms with Gasteiger partial charge in [-0.2, -0.15) is 0 Å². The van der Waals surface area contributed by atoms with Crippen LogP contribution in [-0.2, 0) is 14.3 Å². The van der Waals surface area contributed by atoms with Crippen LogP contribution in [0.3, 0.4) is 0 Å². The first kappa shape index (κ1) is 22.7. The van der Waals surface area contributed by atoms with Gasteiger partial charge in [-0.25, -0.2) is 0 Å². The molecule has 0 aromatic heterocycles. The van der Waals surface area contributed by atoms with E-state index in [0.717, 1.165) is 19.3 Å². The summed E-state index contributed by atoms with van der Waals surface area (Å²) in [5, 5.41) is 9.20. The topological polar surface area (TPSA) is 63.6 Å². The predicted octanol–water partition coefficient (Wildman–Crippen LogP) is 5.90. The van der Waals surface area contributed by atoms with Gasteiger partial charge in [0.2, 0.25) is 0 Å². The van der Waals surface area contributed by atoms with Crippen LogP contribution in [0.15, 0.2) is 12.2 Å². The lowest BCUT2D eigenvalue weighted by Crippen LogP contribution is -2.31. The van der Waals surface area contributed by atoms with E-state index in [2.05, 4.69) is 6.92 Å². The largest absolute Gasteiger partial charge is 0.481 e. The molecule has 0 spiro atoms. The van der Waals surface area contributed by atoms with Crippen LogP contribution >= 0.6 is 0 Å². The van der Waals surface area contributed by atoms with Crippen molar-refractivity contribution in [3.8, 4) is 0 Å². The van der Waals surface area contributed by atoms with Crippen LogP contribution < -0.4 is 0 Å². The molecular formula is C22H38O4. The predicted molar refractivity (Wildman–Crippen MR) is 105 cm³/mol. The van der Waals surface area contributed by atoms with Gasteiger partial charge >= 0.3 is 11.9 Å². The number of aliphatic carboxylic acids is 1. The molecule has 0 aliphatic heterocycles. The van der Waals surface area contributed by atoms with Crippen molar-refractivity contribution < 1.29 is 19.4 Å². The number of rotatable bonds is 15. The first-order chi connectivity index (χ1) is 12.7. The van der Waals surface area contributed by atoms with E-state index in [-0.39, 0.29) is 5.97 Å². The van der Waals surface area contributed by atoms with Gasteiger partial charge in [-0.05, 0) is 19.3 Å². The van der Waals surface area contributed by atoms with E-state index in [1.807, 2.05) is 6.08 Å². The van der Waals surface area contributed by atoms with Crippen molar-refractivity contribution in [2.75, 3.05) is 6.61 Å². The van der Waals surface area contributed by atoms with Crippen molar-refractivity contribution in [1.29, 1.82) is 0 Å². The molecule has 150 valence electrons. The van der Waals surface area contributed by atoms with Crippen LogP contribution in [0, 0.1) is 11.8 Å². The summed E-state index contributed by atoms with van der Waals surface area (Å²) < 4.78 is 5.30. The highest BCUT2D eigenvalue weighted by atomic mass is 16.5. The number of carbonyl (C=O) groups is 2. The van der Waals surface area contributed by atoms with Gasteiger partial charge in [0.05, 0.1) is 18.4 Å². The maximum absolute atomic E-state index is 12.1. The second-order valence-electron chi connectivity index (χ2n) is 7.53. The number of unbranched alkanes of at least 4 members (excludes halogenated alkanes) is 11. The van der Waals surface area contributed by atoms with Gasteiger partial charge in [0.1, 0.15) is 0 Å². The van der Waals surface area contributed by atoms with E-state index in [0.29, 0.717) is 13.0 Å². The van der Waals surface area contributed by atoms with E-state index in [9.17, 15) is 14.7 Å². The molecule has 0 saturated carbocycles. The first-order valence-corrected chi connectivity index (χ1v) is 10.7. The molecule has 0 heterocycles. The van der Waals surface area contributed by atoms with Gasteiger partial charge in [-0.1, -0.05) is 89.7 Å². The molecule has 0 aromatic rings. The molecule has 4 heteroatoms. The Morgan fingerprint density at radius 2 is 1.46 bits per heavy atom. The Morgan fingerprint density at radius 3 is 2.00 bits per heavy atom. The number of hydrogen-bond acceptors (Lipinski definition) is 3. The number of esters is 1. The lowest BCUT2D eigenvalue weighted by molar-refractivity contribution is -0.156. The van der Waals surface area contributed by atoms with Crippen LogP contribution in [0.2, 0.25) is 0 Å². The minimum Gasteiger partial charge on any atom is -0.481 e. The zero-order valence-corrected chi connectivity index (χ0v) is 16.6. The molecule has 0 saturated heterocycles. The van der Waals surface area contributed by atoms with E-state index >= 15 is 0 Å². The monoisotopic (exact) mass is 366 g/mol. The van der Waals surface area contributed by atoms with Crippen molar-refractivity contribution in [3.63, 3.8) is 0 Å². The molecule has 0 amide bonds. The van der Waals surface area contributed by atoms with Crippen molar-refractivity contribution in [2.24, 2.45) is 11.8 Å². The van der Waals surface area contributed by atoms with Crippen molar-refractivity contribution >= 4 is 11.9 Å². The lowest BCUT2D eigenvalue weighted by atomic mass is 9.84. The van der Waals surface area contributed by atoms with E-state index in [1.54, 1.807) is 6.08 Å². The second kappa shape index (κ2) is 14.8. The molecular weight excluding hydrogens is 328 g/mol. The molecule has 2 unspecified atom stereocenters. The quantitative estimate of drug-likeness (QED) is 0.223. The molecule has 1 rings (SSSR count). The van der Waals surface area contributed by atoms with E-state index in [1.165, 1.54) is 64.2 Å². The Bertz CT molecular complexity index is 416. The fourth-order valence-corrected chi connectivity index (χ4v) is 3.56. The Balaban J connectivity index is 1.95. The number of allylic oxidation sites excluding steroid dienone is 1. The van der Waals surface area contributed by atoms with Gasteiger partial charge in [0.15, 0.2) is 0 Å². The smallest absolute Gasteiger partial charge is 0.313 e. The molecule has 26 heavy (non-hydrogen) atoms. The summed E-state index contributed by atoms with van der Waals surface area (Å²) in [7, 11) is 0. The normalized spacial score (nSPS) is 19.4. The zero-order valence-electron chi connectivity index (χ0n) is 16.6. The third kappa shape index (κ3) is 9.98. The molecule has 1 N–H and O–H groups in total. The van der Waals surface area contributed by atoms with Gasteiger partial charge in [0.25, 0.3) is 0 Å². The number of carbonyl (C=O) groups excluding carboxylic acids is 1. The number of carboxylic acids is 1. The van der Waals surface area contributed by atoms with Crippen LogP contribution in [0.1, 0.15) is 96.8 Å². The van der Waals surface area contributed by atoms with Crippen LogP contribution in [0.5, 0.6) is 0 Å². The highest BCUT2D eigenvalue weighted by molar-refractivity contribution is 5.83. The molecule has 1 aliphatic rings. The number of hydrogen-bond donors (Lipinski definition) is 1. The number of carboxylic acid groups (broad SMARTS) is 1. The van der Waals surface area contributed by atoms with Gasteiger partial charge in [-0.3, -0.25) is 9.59 Å². The standard InChI is InChI=1S/C22H38O4/c1-2-3-4-5-6-7-8-9-10-11-12-15-18-26-22(25)20-17-14-13-16-19(20)21(23)24/h14,17,19-20H,2-13,15-16,18H2,1H3,(H,23,24). The minimum atomic E-state index is -0.901. The van der Waals surface area contributed by atoms with Crippen LogP contribution in [0.4, 0.5) is 0 Å². The van der Waals surface area contributed by atoms with Crippen molar-refractivity contribution in [2.45, 2.75) is 96.8 Å². The highest BCUT2D eigenvalue weighted by Gasteiger charge is 2.34. The zero-order chi connectivity index (χ0) is 19.0. The van der Waals surface area contributed by atoms with Gasteiger partial charge in [0, 0.05) is 0 Å². The summed E-state index contributed by atoms with van der Waals surface area (Å²) in [6.45, 7) is 2.66. The Kier molecular flexibility index (Phi) is 12.9. The van der Waals surface area contributed by atoms with E-state index < -0.39 is 17.8 Å². The first-order valence-electron chi connectivity index (χ1n) is 10.7. The third-order valence-electron chi connectivity index (χ3n) is 5.25. The minimum absolute atomic E-state index is 0.378. The summed E-state index contributed by atoms with van der Waals surface area (Å²) in [6.07, 6.45) is 20.1. The lowest BCUT2D eigenvalue weighted by Gasteiger charge is -2.22. The summed E-state index contributed by atoms with van der Waals surface area (Å²) in [4.78, 5) is 23.3. The Labute approximate surface area is 159 Å². The summed E-state index contributed by atoms with van der Waals surface area (Å²) >= 11 is 0. The highest BCUT2D eigenvalue weighted by Crippen LogP contribution is 2.26. The Morgan fingerprint density at radius 1 is 0.923 bits per heavy atom. The summed E-state index contributed by atoms with van der Waals surface area (Å²) in [5.74, 6) is -2.52. The van der Waals surface area contributed by atoms with E-state index in [4.69, 9.17) is 4.74 Å². The summed E-state index contributed by atoms with van der Waals surface area (Å²) in [5.41, 5.74) is 0. The fourth-order valence-electron chi connectivity index (χ4n) is 3.56. The second-order valence-corrected chi connectivity index (χ2v) is 7.53. The molecule has 2 atom stereocenters. The molecule has 1 aliphatic carbocycles. The maximum Gasteiger partial charge on any atom is 0.313 e. The third-order valence-corrected chi connectivity index (χ3v) is 5.25. The molecule has 0 aromatic carbocycles. The van der Waals surface area contributed by atoms with Gasteiger partial charge in [-0.15, -0.1) is 0 Å². The Hall–Kier alpha value is -1.32. The molecule has 4 nitrogen and oxygen atoms in total. The van der Waals surface area contributed by atoms with Crippen molar-refractivity contribution in [1.82, 2.24) is 0 Å². The molecule has 0 bridgehead atoms. The number of ether oxygens (including phenoxy) is 1. The average Bonchev–Trinajstić information content (AvgIpc) is 2.65.